The van der Waals surface area contributed by atoms with Gasteiger partial charge in [0.25, 0.3) is 5.56 Å². The van der Waals surface area contributed by atoms with Crippen LogP contribution in [0.25, 0.3) is 11.2 Å². The SMILES string of the molecule is CSc1nc2c(c(=O)n(C)c(=O)n2C)n1Cc1ccc(C)cc1. The fourth-order valence-corrected chi connectivity index (χ4v) is 3.16. The number of aromatic nitrogens is 4. The third-order valence-corrected chi connectivity index (χ3v) is 4.63. The van der Waals surface area contributed by atoms with Crippen LogP contribution >= 0.6 is 11.8 Å². The molecule has 0 spiro atoms. The monoisotopic (exact) mass is 330 g/mol. The molecule has 7 heteroatoms. The first kappa shape index (κ1) is 15.6. The average molecular weight is 330 g/mol. The van der Waals surface area contributed by atoms with Gasteiger partial charge in [-0.3, -0.25) is 13.9 Å². The summed E-state index contributed by atoms with van der Waals surface area (Å²) in [5.74, 6) is 0. The van der Waals surface area contributed by atoms with E-state index in [-0.39, 0.29) is 11.2 Å². The minimum absolute atomic E-state index is 0.317. The smallest absolute Gasteiger partial charge is 0.309 e. The van der Waals surface area contributed by atoms with Crippen LogP contribution in [-0.4, -0.2) is 24.9 Å². The molecule has 23 heavy (non-hydrogen) atoms. The first-order chi connectivity index (χ1) is 10.9. The van der Waals surface area contributed by atoms with Gasteiger partial charge in [-0.25, -0.2) is 9.78 Å². The maximum absolute atomic E-state index is 12.6. The first-order valence-electron chi connectivity index (χ1n) is 7.20. The minimum Gasteiger partial charge on any atom is -0.309 e. The highest BCUT2D eigenvalue weighted by molar-refractivity contribution is 7.98. The Morgan fingerprint density at radius 1 is 1.09 bits per heavy atom. The van der Waals surface area contributed by atoms with Gasteiger partial charge in [-0.1, -0.05) is 41.6 Å². The van der Waals surface area contributed by atoms with E-state index < -0.39 is 0 Å². The van der Waals surface area contributed by atoms with E-state index in [1.165, 1.54) is 28.9 Å². The molecule has 2 heterocycles. The van der Waals surface area contributed by atoms with Gasteiger partial charge in [0.15, 0.2) is 16.3 Å². The third kappa shape index (κ3) is 2.50. The second-order valence-corrected chi connectivity index (χ2v) is 6.32. The van der Waals surface area contributed by atoms with E-state index in [0.717, 1.165) is 15.3 Å². The molecule has 2 aromatic heterocycles. The van der Waals surface area contributed by atoms with Crippen LogP contribution in [0.1, 0.15) is 11.1 Å². The Balaban J connectivity index is 2.29. The number of aryl methyl sites for hydroxylation is 2. The molecular weight excluding hydrogens is 312 g/mol. The molecule has 1 aromatic carbocycles. The predicted molar refractivity (Wildman–Crippen MR) is 92.3 cm³/mol. The Hall–Kier alpha value is -2.28. The molecule has 0 atom stereocenters. The molecule has 0 amide bonds. The lowest BCUT2D eigenvalue weighted by Crippen LogP contribution is -2.37. The van der Waals surface area contributed by atoms with Gasteiger partial charge in [-0.05, 0) is 18.7 Å². The van der Waals surface area contributed by atoms with Gasteiger partial charge in [-0.15, -0.1) is 0 Å². The highest BCUT2D eigenvalue weighted by Gasteiger charge is 2.18. The molecule has 3 rings (SSSR count). The fourth-order valence-electron chi connectivity index (χ4n) is 2.61. The molecule has 0 saturated heterocycles. The van der Waals surface area contributed by atoms with Crippen LogP contribution in [0.15, 0.2) is 39.0 Å². The van der Waals surface area contributed by atoms with E-state index in [1.807, 2.05) is 42.0 Å². The Bertz CT molecular complexity index is 996. The number of hydrogen-bond donors (Lipinski definition) is 0. The summed E-state index contributed by atoms with van der Waals surface area (Å²) in [5, 5.41) is 0.721. The normalized spacial score (nSPS) is 11.3. The molecule has 0 N–H and O–H groups in total. The van der Waals surface area contributed by atoms with Crippen molar-refractivity contribution in [3.63, 3.8) is 0 Å². The number of benzene rings is 1. The molecule has 0 bridgehead atoms. The Kier molecular flexibility index (Phi) is 3.89. The number of imidazole rings is 1. The van der Waals surface area contributed by atoms with Crippen LogP contribution in [0.4, 0.5) is 0 Å². The van der Waals surface area contributed by atoms with Crippen LogP contribution in [0.2, 0.25) is 0 Å². The fraction of sp³-hybridized carbons (Fsp3) is 0.312. The second kappa shape index (κ2) is 5.73. The van der Waals surface area contributed by atoms with Crippen molar-refractivity contribution in [1.82, 2.24) is 18.7 Å². The molecule has 0 radical (unpaired) electrons. The van der Waals surface area contributed by atoms with Crippen LogP contribution in [-0.2, 0) is 20.6 Å². The molecule has 0 aliphatic carbocycles. The van der Waals surface area contributed by atoms with Gasteiger partial charge in [0.05, 0.1) is 6.54 Å². The van der Waals surface area contributed by atoms with Gasteiger partial charge in [0.1, 0.15) is 0 Å². The molecule has 0 aliphatic heterocycles. The van der Waals surface area contributed by atoms with Gasteiger partial charge >= 0.3 is 5.69 Å². The summed E-state index contributed by atoms with van der Waals surface area (Å²) in [7, 11) is 3.13. The largest absolute Gasteiger partial charge is 0.332 e. The lowest BCUT2D eigenvalue weighted by molar-refractivity contribution is 0.697. The maximum atomic E-state index is 12.6. The first-order valence-corrected chi connectivity index (χ1v) is 8.42. The second-order valence-electron chi connectivity index (χ2n) is 5.55. The van der Waals surface area contributed by atoms with Crippen LogP contribution < -0.4 is 11.2 Å². The maximum Gasteiger partial charge on any atom is 0.332 e. The van der Waals surface area contributed by atoms with E-state index in [1.54, 1.807) is 7.05 Å². The number of rotatable bonds is 3. The molecule has 0 aliphatic rings. The zero-order valence-corrected chi connectivity index (χ0v) is 14.3. The van der Waals surface area contributed by atoms with Crippen LogP contribution in [0, 0.1) is 6.92 Å². The van der Waals surface area contributed by atoms with Crippen molar-refractivity contribution in [3.05, 3.63) is 56.2 Å². The van der Waals surface area contributed by atoms with Gasteiger partial charge in [-0.2, -0.15) is 0 Å². The summed E-state index contributed by atoms with van der Waals surface area (Å²) in [4.78, 5) is 29.1. The van der Waals surface area contributed by atoms with Crippen molar-refractivity contribution in [2.75, 3.05) is 6.26 Å². The van der Waals surface area contributed by atoms with E-state index in [9.17, 15) is 9.59 Å². The molecule has 120 valence electrons. The summed E-state index contributed by atoms with van der Waals surface area (Å²) < 4.78 is 4.42. The standard InChI is InChI=1S/C16H18N4O2S/c1-10-5-7-11(8-6-10)9-20-12-13(17-15(20)23-4)18(2)16(22)19(3)14(12)21/h5-8H,9H2,1-4H3. The van der Waals surface area contributed by atoms with E-state index in [2.05, 4.69) is 4.98 Å². The van der Waals surface area contributed by atoms with Crippen molar-refractivity contribution in [1.29, 1.82) is 0 Å². The Morgan fingerprint density at radius 2 is 1.74 bits per heavy atom. The van der Waals surface area contributed by atoms with Gasteiger partial charge in [0, 0.05) is 14.1 Å². The molecular formula is C16H18N4O2S. The van der Waals surface area contributed by atoms with Crippen molar-refractivity contribution < 1.29 is 0 Å². The van der Waals surface area contributed by atoms with E-state index >= 15 is 0 Å². The average Bonchev–Trinajstić information content (AvgIpc) is 2.91. The summed E-state index contributed by atoms with van der Waals surface area (Å²) in [6.45, 7) is 2.58. The lowest BCUT2D eigenvalue weighted by Gasteiger charge is -2.09. The molecule has 0 saturated carbocycles. The zero-order valence-electron chi connectivity index (χ0n) is 13.5. The summed E-state index contributed by atoms with van der Waals surface area (Å²) >= 11 is 1.46. The van der Waals surface area contributed by atoms with E-state index in [0.29, 0.717) is 17.7 Å². The number of fused-ring (bicyclic) bond motifs is 1. The number of thioether (sulfide) groups is 1. The summed E-state index contributed by atoms with van der Waals surface area (Å²) in [6, 6.07) is 8.16. The number of nitrogens with zero attached hydrogens (tertiary/aromatic N) is 4. The van der Waals surface area contributed by atoms with Crippen molar-refractivity contribution in [2.24, 2.45) is 14.1 Å². The van der Waals surface area contributed by atoms with Gasteiger partial charge in [0.2, 0.25) is 0 Å². The van der Waals surface area contributed by atoms with Gasteiger partial charge < -0.3 is 4.57 Å². The molecule has 6 nitrogen and oxygen atoms in total. The van der Waals surface area contributed by atoms with Crippen molar-refractivity contribution in [3.8, 4) is 0 Å². The summed E-state index contributed by atoms with van der Waals surface area (Å²) in [6.07, 6.45) is 1.91. The summed E-state index contributed by atoms with van der Waals surface area (Å²) in [5.41, 5.74) is 2.47. The van der Waals surface area contributed by atoms with Crippen LogP contribution in [0.3, 0.4) is 0 Å². The lowest BCUT2D eigenvalue weighted by atomic mass is 10.1. The predicted octanol–water partition coefficient (Wildman–Crippen LogP) is 1.51. The van der Waals surface area contributed by atoms with E-state index in [4.69, 9.17) is 0 Å². The zero-order chi connectivity index (χ0) is 16.7. The van der Waals surface area contributed by atoms with Crippen molar-refractivity contribution in [2.45, 2.75) is 18.6 Å². The Morgan fingerprint density at radius 3 is 2.35 bits per heavy atom. The molecule has 0 unspecified atom stereocenters. The quantitative estimate of drug-likeness (QED) is 0.683. The highest BCUT2D eigenvalue weighted by atomic mass is 32.2. The Labute approximate surface area is 137 Å². The topological polar surface area (TPSA) is 61.8 Å². The van der Waals surface area contributed by atoms with Crippen LogP contribution in [0.5, 0.6) is 0 Å². The highest BCUT2D eigenvalue weighted by Crippen LogP contribution is 2.21. The third-order valence-electron chi connectivity index (χ3n) is 3.96. The minimum atomic E-state index is -0.366. The molecule has 3 aromatic rings. The molecule has 0 fully saturated rings. The van der Waals surface area contributed by atoms with Crippen molar-refractivity contribution >= 4 is 22.9 Å². The number of hydrogen-bond acceptors (Lipinski definition) is 4.